The fraction of sp³-hybridized carbons (Fsp3) is 0.0909. The Morgan fingerprint density at radius 3 is 1.36 bits per heavy atom. The third kappa shape index (κ3) is 4.79. The van der Waals surface area contributed by atoms with Gasteiger partial charge in [-0.3, -0.25) is 0 Å². The van der Waals surface area contributed by atoms with Gasteiger partial charge in [-0.05, 0) is 23.3 Å². The molecule has 0 saturated carbocycles. The van der Waals surface area contributed by atoms with Crippen LogP contribution in [0.4, 0.5) is 8.78 Å². The van der Waals surface area contributed by atoms with E-state index in [1.54, 1.807) is 60.7 Å². The summed E-state index contributed by atoms with van der Waals surface area (Å²) < 4.78 is 38.5. The summed E-state index contributed by atoms with van der Waals surface area (Å²) >= 11 is 0. The van der Waals surface area contributed by atoms with E-state index in [9.17, 15) is 18.4 Å². The van der Waals surface area contributed by atoms with Gasteiger partial charge in [-0.25, -0.2) is 18.4 Å². The van der Waals surface area contributed by atoms with Gasteiger partial charge in [0, 0.05) is 0 Å². The van der Waals surface area contributed by atoms with E-state index in [-0.39, 0.29) is 13.2 Å². The van der Waals surface area contributed by atoms with Crippen LogP contribution in [0.15, 0.2) is 72.8 Å². The van der Waals surface area contributed by atoms with Crippen LogP contribution in [0.1, 0.15) is 31.8 Å². The Kier molecular flexibility index (Phi) is 6.11. The molecular formula is C22H16F2O4. The molecule has 0 atom stereocenters. The van der Waals surface area contributed by atoms with Crippen molar-refractivity contribution in [3.63, 3.8) is 0 Å². The van der Waals surface area contributed by atoms with Crippen LogP contribution in [0.25, 0.3) is 0 Å². The highest BCUT2D eigenvalue weighted by atomic mass is 19.1. The molecule has 0 N–H and O–H groups in total. The van der Waals surface area contributed by atoms with E-state index < -0.39 is 34.7 Å². The molecule has 4 nitrogen and oxygen atoms in total. The number of esters is 2. The summed E-state index contributed by atoms with van der Waals surface area (Å²) in [6.45, 7) is -0.163. The minimum absolute atomic E-state index is 0.0817. The predicted molar refractivity (Wildman–Crippen MR) is 97.5 cm³/mol. The lowest BCUT2D eigenvalue weighted by molar-refractivity contribution is 0.0449. The van der Waals surface area contributed by atoms with Gasteiger partial charge < -0.3 is 9.47 Å². The molecule has 3 aromatic rings. The first kappa shape index (κ1) is 19.2. The van der Waals surface area contributed by atoms with Gasteiger partial charge in [0.1, 0.15) is 24.8 Å². The SMILES string of the molecule is O=C(OCc1ccccc1)c1cc(F)c(C(=O)OCc2ccccc2)cc1F. The van der Waals surface area contributed by atoms with Gasteiger partial charge in [0.05, 0.1) is 11.1 Å². The van der Waals surface area contributed by atoms with Crippen molar-refractivity contribution in [1.82, 2.24) is 0 Å². The van der Waals surface area contributed by atoms with Crippen molar-refractivity contribution in [2.75, 3.05) is 0 Å². The first-order valence-corrected chi connectivity index (χ1v) is 8.45. The zero-order valence-corrected chi connectivity index (χ0v) is 14.7. The maximum Gasteiger partial charge on any atom is 0.341 e. The van der Waals surface area contributed by atoms with Crippen LogP contribution in [-0.2, 0) is 22.7 Å². The van der Waals surface area contributed by atoms with E-state index in [0.717, 1.165) is 0 Å². The number of carbonyl (C=O) groups excluding carboxylic acids is 2. The van der Waals surface area contributed by atoms with Gasteiger partial charge in [0.2, 0.25) is 0 Å². The average Bonchev–Trinajstić information content (AvgIpc) is 2.73. The number of hydrogen-bond acceptors (Lipinski definition) is 4. The van der Waals surface area contributed by atoms with E-state index in [0.29, 0.717) is 23.3 Å². The largest absolute Gasteiger partial charge is 0.457 e. The number of rotatable bonds is 6. The topological polar surface area (TPSA) is 52.6 Å². The van der Waals surface area contributed by atoms with E-state index in [1.807, 2.05) is 0 Å². The van der Waals surface area contributed by atoms with E-state index in [4.69, 9.17) is 9.47 Å². The summed E-state index contributed by atoms with van der Waals surface area (Å²) in [6, 6.07) is 18.9. The number of benzene rings is 3. The molecule has 3 aromatic carbocycles. The second-order valence-corrected chi connectivity index (χ2v) is 5.94. The maximum atomic E-state index is 14.3. The smallest absolute Gasteiger partial charge is 0.341 e. The zero-order chi connectivity index (χ0) is 19.9. The molecule has 0 aliphatic rings. The Morgan fingerprint density at radius 2 is 1.00 bits per heavy atom. The molecular weight excluding hydrogens is 366 g/mol. The van der Waals surface area contributed by atoms with Crippen LogP contribution in [0.5, 0.6) is 0 Å². The lowest BCUT2D eigenvalue weighted by Crippen LogP contribution is -2.13. The third-order valence-corrected chi connectivity index (χ3v) is 3.92. The van der Waals surface area contributed by atoms with E-state index >= 15 is 0 Å². The summed E-state index contributed by atoms with van der Waals surface area (Å²) in [5.41, 5.74) is 0.233. The lowest BCUT2D eigenvalue weighted by atomic mass is 10.1. The highest BCUT2D eigenvalue weighted by Gasteiger charge is 2.21. The molecule has 0 amide bonds. The van der Waals surface area contributed by atoms with Crippen molar-refractivity contribution >= 4 is 11.9 Å². The third-order valence-electron chi connectivity index (χ3n) is 3.92. The lowest BCUT2D eigenvalue weighted by Gasteiger charge is -2.09. The van der Waals surface area contributed by atoms with Crippen molar-refractivity contribution < 1.29 is 27.8 Å². The first-order valence-electron chi connectivity index (χ1n) is 8.45. The molecule has 142 valence electrons. The molecule has 0 aliphatic carbocycles. The normalized spacial score (nSPS) is 10.4. The Balaban J connectivity index is 1.67. The van der Waals surface area contributed by atoms with Crippen LogP contribution >= 0.6 is 0 Å². The monoisotopic (exact) mass is 382 g/mol. The quantitative estimate of drug-likeness (QED) is 0.581. The minimum Gasteiger partial charge on any atom is -0.457 e. The van der Waals surface area contributed by atoms with Crippen molar-refractivity contribution in [1.29, 1.82) is 0 Å². The molecule has 0 bridgehead atoms. The first-order chi connectivity index (χ1) is 13.5. The molecule has 0 aromatic heterocycles. The Hall–Kier alpha value is -3.54. The molecule has 0 aliphatic heterocycles. The second kappa shape index (κ2) is 8.90. The Morgan fingerprint density at radius 1 is 0.643 bits per heavy atom. The van der Waals surface area contributed by atoms with E-state index in [1.165, 1.54) is 0 Å². The minimum atomic E-state index is -1.06. The van der Waals surface area contributed by atoms with Crippen LogP contribution in [0, 0.1) is 11.6 Å². The van der Waals surface area contributed by atoms with Crippen LogP contribution in [0.2, 0.25) is 0 Å². The molecule has 6 heteroatoms. The number of hydrogen-bond donors (Lipinski definition) is 0. The molecule has 0 unspecified atom stereocenters. The fourth-order valence-corrected chi connectivity index (χ4v) is 2.46. The van der Waals surface area contributed by atoms with Gasteiger partial charge in [0.25, 0.3) is 0 Å². The fourth-order valence-electron chi connectivity index (χ4n) is 2.46. The Labute approximate surface area is 160 Å². The van der Waals surface area contributed by atoms with Crippen molar-refractivity contribution in [2.24, 2.45) is 0 Å². The zero-order valence-electron chi connectivity index (χ0n) is 14.7. The number of carbonyl (C=O) groups is 2. The number of ether oxygens (including phenoxy) is 2. The highest BCUT2D eigenvalue weighted by molar-refractivity contribution is 5.93. The van der Waals surface area contributed by atoms with Gasteiger partial charge in [-0.15, -0.1) is 0 Å². The summed E-state index contributed by atoms with van der Waals surface area (Å²) in [7, 11) is 0. The predicted octanol–water partition coefficient (Wildman–Crippen LogP) is 4.68. The Bertz CT molecular complexity index is 891. The van der Waals surface area contributed by atoms with Crippen molar-refractivity contribution in [3.05, 3.63) is 107 Å². The number of halogens is 2. The van der Waals surface area contributed by atoms with Crippen LogP contribution in [-0.4, -0.2) is 11.9 Å². The molecule has 0 heterocycles. The second-order valence-electron chi connectivity index (χ2n) is 5.94. The van der Waals surface area contributed by atoms with Crippen molar-refractivity contribution in [3.8, 4) is 0 Å². The molecule has 28 heavy (non-hydrogen) atoms. The molecule has 0 radical (unpaired) electrons. The summed E-state index contributed by atoms with van der Waals surface area (Å²) in [5.74, 6) is -4.17. The van der Waals surface area contributed by atoms with Gasteiger partial charge >= 0.3 is 11.9 Å². The van der Waals surface area contributed by atoms with Gasteiger partial charge in [-0.1, -0.05) is 60.7 Å². The van der Waals surface area contributed by atoms with Crippen LogP contribution < -0.4 is 0 Å². The standard InChI is InChI=1S/C22H16F2O4/c23-19-12-18(22(26)28-14-16-9-5-2-6-10-16)20(24)11-17(19)21(25)27-13-15-7-3-1-4-8-15/h1-12H,13-14H2. The molecule has 0 saturated heterocycles. The van der Waals surface area contributed by atoms with Gasteiger partial charge in [-0.2, -0.15) is 0 Å². The van der Waals surface area contributed by atoms with Gasteiger partial charge in [0.15, 0.2) is 0 Å². The summed E-state index contributed by atoms with van der Waals surface area (Å²) in [5, 5.41) is 0. The molecule has 0 spiro atoms. The molecule has 3 rings (SSSR count). The van der Waals surface area contributed by atoms with Crippen LogP contribution in [0.3, 0.4) is 0 Å². The summed E-state index contributed by atoms with van der Waals surface area (Å²) in [4.78, 5) is 24.1. The van der Waals surface area contributed by atoms with E-state index in [2.05, 4.69) is 0 Å². The van der Waals surface area contributed by atoms with Crippen molar-refractivity contribution in [2.45, 2.75) is 13.2 Å². The molecule has 0 fully saturated rings. The summed E-state index contributed by atoms with van der Waals surface area (Å²) in [6.07, 6.45) is 0. The maximum absolute atomic E-state index is 14.3. The highest BCUT2D eigenvalue weighted by Crippen LogP contribution is 2.18. The average molecular weight is 382 g/mol.